The summed E-state index contributed by atoms with van der Waals surface area (Å²) in [4.78, 5) is 0. The molecule has 0 spiro atoms. The van der Waals surface area contributed by atoms with E-state index in [0.29, 0.717) is 19.5 Å². The van der Waals surface area contributed by atoms with Gasteiger partial charge in [0.25, 0.3) is 0 Å². The van der Waals surface area contributed by atoms with Gasteiger partial charge >= 0.3 is 0 Å². The van der Waals surface area contributed by atoms with Crippen LogP contribution in [-0.4, -0.2) is 34.3 Å². The summed E-state index contributed by atoms with van der Waals surface area (Å²) in [6.07, 6.45) is 3.57. The van der Waals surface area contributed by atoms with Crippen LogP contribution in [0.5, 0.6) is 0 Å². The van der Waals surface area contributed by atoms with Crippen molar-refractivity contribution in [3.8, 4) is 6.07 Å². The SMILES string of the molecule is CS(=O)(=O)NCCNCCCCC#N. The summed E-state index contributed by atoms with van der Waals surface area (Å²) in [6.45, 7) is 1.86. The smallest absolute Gasteiger partial charge is 0.208 e. The first kappa shape index (κ1) is 13.4. The molecule has 5 nitrogen and oxygen atoms in total. The molecule has 0 atom stereocenters. The van der Waals surface area contributed by atoms with Crippen LogP contribution in [0.25, 0.3) is 0 Å². The highest BCUT2D eigenvalue weighted by Crippen LogP contribution is 1.90. The minimum absolute atomic E-state index is 0.414. The number of nitrogens with zero attached hydrogens (tertiary/aromatic N) is 1. The molecule has 6 heteroatoms. The first-order valence-electron chi connectivity index (χ1n) is 4.58. The fourth-order valence-electron chi connectivity index (χ4n) is 0.904. The predicted molar refractivity (Wildman–Crippen MR) is 55.2 cm³/mol. The third-order valence-electron chi connectivity index (χ3n) is 1.56. The normalized spacial score (nSPS) is 11.1. The molecule has 0 amide bonds. The Morgan fingerprint density at radius 3 is 2.50 bits per heavy atom. The molecule has 0 aliphatic carbocycles. The van der Waals surface area contributed by atoms with Crippen LogP contribution in [0.2, 0.25) is 0 Å². The molecule has 0 aromatic heterocycles. The van der Waals surface area contributed by atoms with Crippen LogP contribution in [0.4, 0.5) is 0 Å². The fourth-order valence-corrected chi connectivity index (χ4v) is 1.38. The van der Waals surface area contributed by atoms with E-state index in [1.54, 1.807) is 0 Å². The molecule has 0 unspecified atom stereocenters. The van der Waals surface area contributed by atoms with Crippen LogP contribution in [0.1, 0.15) is 19.3 Å². The Hall–Kier alpha value is -0.640. The van der Waals surface area contributed by atoms with Gasteiger partial charge in [-0.2, -0.15) is 5.26 Å². The van der Waals surface area contributed by atoms with Crippen molar-refractivity contribution >= 4 is 10.0 Å². The van der Waals surface area contributed by atoms with Gasteiger partial charge in [0.15, 0.2) is 0 Å². The molecule has 0 heterocycles. The van der Waals surface area contributed by atoms with E-state index in [-0.39, 0.29) is 0 Å². The van der Waals surface area contributed by atoms with Crippen molar-refractivity contribution in [2.75, 3.05) is 25.9 Å². The summed E-state index contributed by atoms with van der Waals surface area (Å²) in [5.74, 6) is 0. The molecule has 0 rings (SSSR count). The molecular weight excluding hydrogens is 202 g/mol. The number of hydrogen-bond acceptors (Lipinski definition) is 4. The third kappa shape index (κ3) is 11.4. The zero-order valence-corrected chi connectivity index (χ0v) is 9.23. The number of nitriles is 1. The molecule has 0 aromatic carbocycles. The van der Waals surface area contributed by atoms with Gasteiger partial charge in [-0.05, 0) is 19.4 Å². The molecule has 0 aliphatic rings. The van der Waals surface area contributed by atoms with Gasteiger partial charge < -0.3 is 5.32 Å². The van der Waals surface area contributed by atoms with E-state index in [1.165, 1.54) is 0 Å². The van der Waals surface area contributed by atoms with Crippen LogP contribution in [0, 0.1) is 11.3 Å². The lowest BCUT2D eigenvalue weighted by atomic mass is 10.2. The van der Waals surface area contributed by atoms with Crippen molar-refractivity contribution in [3.05, 3.63) is 0 Å². The molecule has 0 radical (unpaired) electrons. The Morgan fingerprint density at radius 2 is 1.93 bits per heavy atom. The van der Waals surface area contributed by atoms with E-state index in [1.807, 2.05) is 0 Å². The molecule has 0 aliphatic heterocycles. The highest BCUT2D eigenvalue weighted by Gasteiger charge is 1.97. The number of rotatable bonds is 8. The maximum absolute atomic E-state index is 10.6. The molecule has 14 heavy (non-hydrogen) atoms. The maximum atomic E-state index is 10.6. The van der Waals surface area contributed by atoms with Gasteiger partial charge in [0.1, 0.15) is 0 Å². The van der Waals surface area contributed by atoms with Crippen molar-refractivity contribution in [1.29, 1.82) is 5.26 Å². The van der Waals surface area contributed by atoms with Gasteiger partial charge in [0.2, 0.25) is 10.0 Å². The second-order valence-corrected chi connectivity index (χ2v) is 4.86. The Bertz CT molecular complexity index is 269. The van der Waals surface area contributed by atoms with Gasteiger partial charge in [-0.1, -0.05) is 0 Å². The standard InChI is InChI=1S/C8H17N3O2S/c1-14(12,13)11-8-7-10-6-4-2-3-5-9/h10-11H,2-4,6-8H2,1H3. The van der Waals surface area contributed by atoms with Gasteiger partial charge in [-0.15, -0.1) is 0 Å². The zero-order chi connectivity index (χ0) is 10.9. The summed E-state index contributed by atoms with van der Waals surface area (Å²) >= 11 is 0. The number of hydrogen-bond donors (Lipinski definition) is 2. The monoisotopic (exact) mass is 219 g/mol. The summed E-state index contributed by atoms with van der Waals surface area (Å²) in [7, 11) is -3.06. The van der Waals surface area contributed by atoms with E-state index in [4.69, 9.17) is 5.26 Å². The van der Waals surface area contributed by atoms with Gasteiger partial charge in [-0.25, -0.2) is 13.1 Å². The predicted octanol–water partition coefficient (Wildman–Crippen LogP) is -0.181. The molecule has 82 valence electrons. The van der Waals surface area contributed by atoms with Gasteiger partial charge in [0.05, 0.1) is 12.3 Å². The highest BCUT2D eigenvalue weighted by atomic mass is 32.2. The molecule has 0 saturated carbocycles. The van der Waals surface area contributed by atoms with Crippen LogP contribution < -0.4 is 10.0 Å². The number of unbranched alkanes of at least 4 members (excludes halogenated alkanes) is 2. The van der Waals surface area contributed by atoms with E-state index in [2.05, 4.69) is 16.1 Å². The Morgan fingerprint density at radius 1 is 1.21 bits per heavy atom. The van der Waals surface area contributed by atoms with Crippen molar-refractivity contribution < 1.29 is 8.42 Å². The average Bonchev–Trinajstić information content (AvgIpc) is 2.08. The van der Waals surface area contributed by atoms with E-state index >= 15 is 0 Å². The summed E-state index contributed by atoms with van der Waals surface area (Å²) in [5.41, 5.74) is 0. The summed E-state index contributed by atoms with van der Waals surface area (Å²) in [6, 6.07) is 2.07. The van der Waals surface area contributed by atoms with Crippen LogP contribution >= 0.6 is 0 Å². The molecule has 0 fully saturated rings. The topological polar surface area (TPSA) is 82.0 Å². The Balaban J connectivity index is 3.12. The summed E-state index contributed by atoms with van der Waals surface area (Å²) < 4.78 is 23.6. The van der Waals surface area contributed by atoms with Crippen molar-refractivity contribution in [2.24, 2.45) is 0 Å². The zero-order valence-electron chi connectivity index (χ0n) is 8.41. The number of sulfonamides is 1. The molecule has 2 N–H and O–H groups in total. The second kappa shape index (κ2) is 7.74. The largest absolute Gasteiger partial charge is 0.315 e. The van der Waals surface area contributed by atoms with Gasteiger partial charge in [0, 0.05) is 19.5 Å². The number of nitrogens with one attached hydrogen (secondary N) is 2. The van der Waals surface area contributed by atoms with Crippen molar-refractivity contribution in [1.82, 2.24) is 10.0 Å². The van der Waals surface area contributed by atoms with Crippen LogP contribution in [-0.2, 0) is 10.0 Å². The molecule has 0 aromatic rings. The van der Waals surface area contributed by atoms with Crippen molar-refractivity contribution in [2.45, 2.75) is 19.3 Å². The van der Waals surface area contributed by atoms with Crippen molar-refractivity contribution in [3.63, 3.8) is 0 Å². The van der Waals surface area contributed by atoms with Crippen LogP contribution in [0.15, 0.2) is 0 Å². The first-order valence-corrected chi connectivity index (χ1v) is 6.47. The first-order chi connectivity index (χ1) is 6.56. The molecule has 0 saturated heterocycles. The van der Waals surface area contributed by atoms with Crippen LogP contribution in [0.3, 0.4) is 0 Å². The lowest BCUT2D eigenvalue weighted by Crippen LogP contribution is -2.31. The molecular formula is C8H17N3O2S. The minimum atomic E-state index is -3.06. The van der Waals surface area contributed by atoms with Gasteiger partial charge in [-0.3, -0.25) is 0 Å². The Labute approximate surface area is 85.5 Å². The minimum Gasteiger partial charge on any atom is -0.315 e. The second-order valence-electron chi connectivity index (χ2n) is 3.03. The third-order valence-corrected chi connectivity index (χ3v) is 2.29. The fraction of sp³-hybridized carbons (Fsp3) is 0.875. The summed E-state index contributed by atoms with van der Waals surface area (Å²) in [5, 5.41) is 11.3. The van der Waals surface area contributed by atoms with E-state index in [0.717, 1.165) is 25.6 Å². The van der Waals surface area contributed by atoms with E-state index in [9.17, 15) is 8.42 Å². The lowest BCUT2D eigenvalue weighted by molar-refractivity contribution is 0.577. The Kier molecular flexibility index (Phi) is 7.38. The lowest BCUT2D eigenvalue weighted by Gasteiger charge is -2.03. The maximum Gasteiger partial charge on any atom is 0.208 e. The quantitative estimate of drug-likeness (QED) is 0.555. The molecule has 0 bridgehead atoms. The average molecular weight is 219 g/mol. The highest BCUT2D eigenvalue weighted by molar-refractivity contribution is 7.88. The van der Waals surface area contributed by atoms with E-state index < -0.39 is 10.0 Å².